The Labute approximate surface area is 219 Å². The number of hydrogen-bond acceptors (Lipinski definition) is 8. The topological polar surface area (TPSA) is 106 Å². The molecule has 1 aliphatic rings. The maximum absolute atomic E-state index is 13.4. The third-order valence-corrected chi connectivity index (χ3v) is 7.41. The maximum atomic E-state index is 13.4. The van der Waals surface area contributed by atoms with Gasteiger partial charge in [0.15, 0.2) is 5.13 Å². The highest BCUT2D eigenvalue weighted by Crippen LogP contribution is 2.44. The number of benzene rings is 2. The summed E-state index contributed by atoms with van der Waals surface area (Å²) < 4.78 is 10.4. The van der Waals surface area contributed by atoms with Gasteiger partial charge < -0.3 is 14.6 Å². The number of carbonyl (C=O) groups is 3. The summed E-state index contributed by atoms with van der Waals surface area (Å²) in [5.74, 6) is -1.87. The van der Waals surface area contributed by atoms with E-state index in [2.05, 4.69) is 4.98 Å². The zero-order valence-corrected chi connectivity index (χ0v) is 22.1. The summed E-state index contributed by atoms with van der Waals surface area (Å²) in [6.07, 6.45) is 0.820. The highest BCUT2D eigenvalue weighted by atomic mass is 32.1. The molecule has 4 rings (SSSR count). The van der Waals surface area contributed by atoms with Gasteiger partial charge in [0.25, 0.3) is 5.78 Å². The van der Waals surface area contributed by atoms with Gasteiger partial charge >= 0.3 is 11.9 Å². The number of esters is 1. The molecule has 1 N–H and O–H groups in total. The van der Waals surface area contributed by atoms with E-state index in [1.54, 1.807) is 39.2 Å². The van der Waals surface area contributed by atoms with Crippen LogP contribution in [0.15, 0.2) is 48.0 Å². The summed E-state index contributed by atoms with van der Waals surface area (Å²) >= 11 is 0.980. The van der Waals surface area contributed by atoms with Gasteiger partial charge in [-0.05, 0) is 62.1 Å². The van der Waals surface area contributed by atoms with Crippen LogP contribution in [0.25, 0.3) is 5.76 Å². The number of rotatable bonds is 7. The molecule has 8 nitrogen and oxygen atoms in total. The molecule has 37 heavy (non-hydrogen) atoms. The Kier molecular flexibility index (Phi) is 7.45. The fourth-order valence-corrected chi connectivity index (χ4v) is 5.32. The van der Waals surface area contributed by atoms with Gasteiger partial charge in [0.05, 0.1) is 31.0 Å². The van der Waals surface area contributed by atoms with E-state index < -0.39 is 23.7 Å². The minimum Gasteiger partial charge on any atom is -0.507 e. The second kappa shape index (κ2) is 10.6. The van der Waals surface area contributed by atoms with Gasteiger partial charge in [-0.15, -0.1) is 0 Å². The Morgan fingerprint density at radius 3 is 2.41 bits per heavy atom. The fourth-order valence-electron chi connectivity index (χ4n) is 4.33. The molecule has 1 amide bonds. The Balaban J connectivity index is 1.91. The fraction of sp³-hybridized carbons (Fsp3) is 0.286. The summed E-state index contributed by atoms with van der Waals surface area (Å²) in [7, 11) is 1.55. The first-order valence-electron chi connectivity index (χ1n) is 11.9. The van der Waals surface area contributed by atoms with Crippen molar-refractivity contribution in [2.45, 2.75) is 40.2 Å². The Hall–Kier alpha value is -3.98. The lowest BCUT2D eigenvalue weighted by Gasteiger charge is -2.23. The number of aromatic nitrogens is 1. The van der Waals surface area contributed by atoms with Crippen LogP contribution < -0.4 is 9.64 Å². The molecule has 0 saturated carbocycles. The number of anilines is 1. The third kappa shape index (κ3) is 4.74. The molecule has 0 radical (unpaired) electrons. The average molecular weight is 521 g/mol. The van der Waals surface area contributed by atoms with Gasteiger partial charge in [0.2, 0.25) is 0 Å². The minimum absolute atomic E-state index is 0.0515. The number of nitrogens with zero attached hydrogens (tertiary/aromatic N) is 2. The largest absolute Gasteiger partial charge is 0.507 e. The van der Waals surface area contributed by atoms with Gasteiger partial charge in [-0.3, -0.25) is 14.5 Å². The van der Waals surface area contributed by atoms with Crippen LogP contribution in [-0.2, 0) is 20.7 Å². The average Bonchev–Trinajstić information content (AvgIpc) is 3.40. The van der Waals surface area contributed by atoms with E-state index in [9.17, 15) is 19.5 Å². The highest BCUT2D eigenvalue weighted by molar-refractivity contribution is 7.17. The van der Waals surface area contributed by atoms with E-state index in [4.69, 9.17) is 9.47 Å². The minimum atomic E-state index is -0.936. The summed E-state index contributed by atoms with van der Waals surface area (Å²) in [5, 5.41) is 11.5. The first-order valence-corrected chi connectivity index (χ1v) is 12.7. The van der Waals surface area contributed by atoms with Crippen LogP contribution in [0, 0.1) is 13.8 Å². The molecule has 192 valence electrons. The first-order chi connectivity index (χ1) is 17.7. The van der Waals surface area contributed by atoms with E-state index in [-0.39, 0.29) is 27.9 Å². The molecule has 2 aromatic carbocycles. The van der Waals surface area contributed by atoms with Crippen molar-refractivity contribution in [2.75, 3.05) is 18.6 Å². The van der Waals surface area contributed by atoms with Gasteiger partial charge in [-0.1, -0.05) is 42.5 Å². The molecule has 2 heterocycles. The van der Waals surface area contributed by atoms with Crippen molar-refractivity contribution in [3.8, 4) is 5.75 Å². The van der Waals surface area contributed by atoms with Crippen LogP contribution in [0.5, 0.6) is 5.75 Å². The van der Waals surface area contributed by atoms with E-state index >= 15 is 0 Å². The van der Waals surface area contributed by atoms with Crippen LogP contribution in [-0.4, -0.2) is 41.5 Å². The number of methoxy groups -OCH3 is 1. The third-order valence-electron chi connectivity index (χ3n) is 6.27. The summed E-state index contributed by atoms with van der Waals surface area (Å²) in [6, 6.07) is 11.6. The number of hydrogen-bond donors (Lipinski definition) is 1. The molecule has 0 spiro atoms. The molecule has 1 aliphatic heterocycles. The molecular weight excluding hydrogens is 492 g/mol. The van der Waals surface area contributed by atoms with Gasteiger partial charge in [-0.2, -0.15) is 0 Å². The van der Waals surface area contributed by atoms with E-state index in [0.29, 0.717) is 22.6 Å². The van der Waals surface area contributed by atoms with Gasteiger partial charge in [0, 0.05) is 5.56 Å². The smallest absolute Gasteiger partial charge is 0.350 e. The number of aliphatic hydroxyl groups excluding tert-OH is 1. The van der Waals surface area contributed by atoms with Crippen molar-refractivity contribution >= 4 is 39.9 Å². The molecule has 9 heteroatoms. The van der Waals surface area contributed by atoms with Crippen molar-refractivity contribution < 1.29 is 29.0 Å². The lowest BCUT2D eigenvalue weighted by atomic mass is 9.94. The predicted octanol–water partition coefficient (Wildman–Crippen LogP) is 5.13. The quantitative estimate of drug-likeness (QED) is 0.199. The standard InChI is InChI=1S/C28H28N2O6S/c1-6-17-8-10-18(11-9-17)22-21(23(31)19-12-13-20(35-5)15(3)14-19)24(32)26(33)30(22)28-29-16(4)25(37-28)27(34)36-7-2/h8-14,22,31H,6-7H2,1-5H3/t22-/m0/s1. The number of Topliss-reactive ketones (excluding diaryl/α,β-unsaturated/α-hetero) is 1. The molecule has 0 bridgehead atoms. The number of aryl methyl sites for hydroxylation is 3. The van der Waals surface area contributed by atoms with Crippen LogP contribution in [0.4, 0.5) is 5.13 Å². The molecule has 0 aliphatic carbocycles. The summed E-state index contributed by atoms with van der Waals surface area (Å²) in [5.41, 5.74) is 3.21. The summed E-state index contributed by atoms with van der Waals surface area (Å²) in [4.78, 5) is 45.2. The lowest BCUT2D eigenvalue weighted by molar-refractivity contribution is -0.132. The van der Waals surface area contributed by atoms with Crippen LogP contribution in [0.3, 0.4) is 0 Å². The van der Waals surface area contributed by atoms with Gasteiger partial charge in [0.1, 0.15) is 16.4 Å². The van der Waals surface area contributed by atoms with Crippen LogP contribution in [0.2, 0.25) is 0 Å². The molecule has 1 atom stereocenters. The maximum Gasteiger partial charge on any atom is 0.350 e. The second-order valence-electron chi connectivity index (χ2n) is 8.58. The number of ether oxygens (including phenoxy) is 2. The SMILES string of the molecule is CCOC(=O)c1sc(N2C(=O)C(=O)C(=C(O)c3ccc(OC)c(C)c3)[C@@H]2c2ccc(CC)cc2)nc1C. The van der Waals surface area contributed by atoms with E-state index in [0.717, 1.165) is 28.9 Å². The summed E-state index contributed by atoms with van der Waals surface area (Å²) in [6.45, 7) is 7.40. The van der Waals surface area contributed by atoms with Crippen molar-refractivity contribution in [1.29, 1.82) is 0 Å². The first kappa shape index (κ1) is 26.1. The monoisotopic (exact) mass is 520 g/mol. The number of amides is 1. The number of ketones is 1. The molecule has 3 aromatic rings. The second-order valence-corrected chi connectivity index (χ2v) is 9.56. The van der Waals surface area contributed by atoms with Crippen LogP contribution in [0.1, 0.15) is 57.5 Å². The normalized spacial score (nSPS) is 16.8. The number of thiazole rings is 1. The molecular formula is C28H28N2O6S. The van der Waals surface area contributed by atoms with E-state index in [1.165, 1.54) is 4.90 Å². The van der Waals surface area contributed by atoms with Gasteiger partial charge in [-0.25, -0.2) is 9.78 Å². The van der Waals surface area contributed by atoms with E-state index in [1.807, 2.05) is 38.1 Å². The van der Waals surface area contributed by atoms with Crippen molar-refractivity contribution in [1.82, 2.24) is 4.98 Å². The zero-order chi connectivity index (χ0) is 26.9. The number of carbonyl (C=O) groups excluding carboxylic acids is 3. The Morgan fingerprint density at radius 1 is 1.11 bits per heavy atom. The zero-order valence-electron chi connectivity index (χ0n) is 21.3. The van der Waals surface area contributed by atoms with Crippen molar-refractivity contribution in [3.63, 3.8) is 0 Å². The van der Waals surface area contributed by atoms with Crippen molar-refractivity contribution in [3.05, 3.63) is 80.9 Å². The molecule has 1 aromatic heterocycles. The number of aliphatic hydroxyl groups is 1. The Morgan fingerprint density at radius 2 is 1.81 bits per heavy atom. The predicted molar refractivity (Wildman–Crippen MR) is 141 cm³/mol. The lowest BCUT2D eigenvalue weighted by Crippen LogP contribution is -2.29. The molecule has 1 saturated heterocycles. The highest BCUT2D eigenvalue weighted by Gasteiger charge is 2.48. The Bertz CT molecular complexity index is 1410. The molecule has 1 fully saturated rings. The van der Waals surface area contributed by atoms with Crippen LogP contribution >= 0.6 is 11.3 Å². The van der Waals surface area contributed by atoms with Crippen molar-refractivity contribution in [2.24, 2.45) is 0 Å². The molecule has 0 unspecified atom stereocenters.